The van der Waals surface area contributed by atoms with Crippen LogP contribution in [0.4, 0.5) is 0 Å². The quantitative estimate of drug-likeness (QED) is 0.257. The molecule has 0 N–H and O–H groups in total. The number of carboxylic acids is 4. The van der Waals surface area contributed by atoms with E-state index in [0.717, 1.165) is 0 Å². The molecule has 0 atom stereocenters. The van der Waals surface area contributed by atoms with Gasteiger partial charge in [-0.05, 0) is 24.3 Å². The first kappa shape index (κ1) is 43.0. The van der Waals surface area contributed by atoms with Crippen LogP contribution in [0.5, 0.6) is 0 Å². The minimum Gasteiger partial charge on any atom is -0.545 e. The van der Waals surface area contributed by atoms with Crippen LogP contribution in [-0.4, -0.2) is 51.2 Å². The van der Waals surface area contributed by atoms with E-state index in [4.69, 9.17) is 92.8 Å². The van der Waals surface area contributed by atoms with Crippen molar-refractivity contribution in [1.82, 2.24) is 0 Å². The molecule has 0 aromatic heterocycles. The number of hydrogen-bond donors (Lipinski definition) is 0. The van der Waals surface area contributed by atoms with Gasteiger partial charge in [0, 0.05) is 49.6 Å². The molecule has 4 aromatic rings. The van der Waals surface area contributed by atoms with Gasteiger partial charge in [0.05, 0.1) is 64.1 Å². The Bertz CT molecular complexity index is 1440. The fraction of sp³-hybridized carbons (Fsp3) is 0. The van der Waals surface area contributed by atoms with Crippen molar-refractivity contribution >= 4 is 144 Å². The van der Waals surface area contributed by atoms with E-state index in [9.17, 15) is 39.6 Å². The Morgan fingerprint density at radius 1 is 0.356 bits per heavy atom. The smallest absolute Gasteiger partial charge is 0.0730 e. The molecule has 0 heterocycles. The van der Waals surface area contributed by atoms with E-state index in [1.807, 2.05) is 0 Å². The van der Waals surface area contributed by atoms with Crippen molar-refractivity contribution in [3.63, 3.8) is 0 Å². The maximum Gasteiger partial charge on any atom is 0.0730 e. The first-order valence-corrected chi connectivity index (χ1v) is 14.1. The van der Waals surface area contributed by atoms with E-state index >= 15 is 0 Å². The molecule has 0 unspecified atom stereocenters. The summed E-state index contributed by atoms with van der Waals surface area (Å²) in [6, 6.07) is 17.4. The Kier molecular flexibility index (Phi) is 20.1. The maximum atomic E-state index is 10.3. The second-order valence-corrected chi connectivity index (χ2v) is 10.7. The fourth-order valence-electron chi connectivity index (χ4n) is 2.65. The standard InChI is InChI=1S/4C7H4Cl2O2.Pb/c4*8-5-3-1-2-4(6(5)9)7(10)11;/h4*1-3H,(H,10,11);/p-4. The van der Waals surface area contributed by atoms with Crippen LogP contribution in [0.15, 0.2) is 72.8 Å². The number of aromatic carboxylic acids is 4. The molecule has 0 aliphatic carbocycles. The maximum absolute atomic E-state index is 10.3. The zero-order chi connectivity index (χ0) is 33.7. The molecule has 17 heteroatoms. The number of benzene rings is 4. The zero-order valence-corrected chi connectivity index (χ0v) is 31.7. The third kappa shape index (κ3) is 13.7. The Balaban J connectivity index is 0.000000569. The first-order valence-electron chi connectivity index (χ1n) is 11.1. The molecule has 45 heavy (non-hydrogen) atoms. The SMILES string of the molecule is O=C([O-])c1cccc(Cl)c1Cl.O=C([O-])c1cccc(Cl)c1Cl.O=C([O-])c1cccc(Cl)c1Cl.O=C([O-])c1cccc(Cl)c1Cl.[Pb]. The van der Waals surface area contributed by atoms with E-state index in [1.165, 1.54) is 72.8 Å². The number of hydrogen-bond acceptors (Lipinski definition) is 8. The number of halogens is 8. The normalized spacial score (nSPS) is 9.42. The molecule has 0 saturated heterocycles. The van der Waals surface area contributed by atoms with Gasteiger partial charge in [-0.1, -0.05) is 141 Å². The summed E-state index contributed by atoms with van der Waals surface area (Å²) in [5, 5.41) is 42.2. The van der Waals surface area contributed by atoms with Crippen LogP contribution in [0.2, 0.25) is 40.2 Å². The predicted octanol–water partition coefficient (Wildman–Crippen LogP) is 5.05. The van der Waals surface area contributed by atoms with Crippen molar-refractivity contribution < 1.29 is 39.6 Å². The van der Waals surface area contributed by atoms with Gasteiger partial charge in [0.1, 0.15) is 0 Å². The molecule has 4 radical (unpaired) electrons. The summed E-state index contributed by atoms with van der Waals surface area (Å²) in [5.74, 6) is -5.29. The zero-order valence-electron chi connectivity index (χ0n) is 21.7. The van der Waals surface area contributed by atoms with Crippen molar-refractivity contribution in [2.24, 2.45) is 0 Å². The minimum atomic E-state index is -1.32. The van der Waals surface area contributed by atoms with Crippen LogP contribution in [0.25, 0.3) is 0 Å². The molecule has 0 aliphatic rings. The van der Waals surface area contributed by atoms with Gasteiger partial charge in [0.15, 0.2) is 0 Å². The van der Waals surface area contributed by atoms with Crippen LogP contribution < -0.4 is 20.4 Å². The average molecular weight is 967 g/mol. The topological polar surface area (TPSA) is 161 Å². The molecule has 8 nitrogen and oxygen atoms in total. The Morgan fingerprint density at radius 2 is 0.511 bits per heavy atom. The molecule has 0 aliphatic heterocycles. The van der Waals surface area contributed by atoms with Gasteiger partial charge in [0.2, 0.25) is 0 Å². The van der Waals surface area contributed by atoms with Gasteiger partial charge in [-0.3, -0.25) is 0 Å². The van der Waals surface area contributed by atoms with E-state index in [1.54, 1.807) is 0 Å². The van der Waals surface area contributed by atoms with Gasteiger partial charge in [-0.25, -0.2) is 0 Å². The molecule has 4 aromatic carbocycles. The Labute approximate surface area is 316 Å². The molecule has 236 valence electrons. The molecule has 0 saturated carbocycles. The van der Waals surface area contributed by atoms with Crippen LogP contribution in [0.3, 0.4) is 0 Å². The van der Waals surface area contributed by atoms with E-state index < -0.39 is 23.9 Å². The second-order valence-electron chi connectivity index (χ2n) is 7.56. The van der Waals surface area contributed by atoms with Crippen molar-refractivity contribution in [1.29, 1.82) is 0 Å². The third-order valence-corrected chi connectivity index (χ3v) is 7.96. The van der Waals surface area contributed by atoms with Crippen molar-refractivity contribution in [3.05, 3.63) is 135 Å². The summed E-state index contributed by atoms with van der Waals surface area (Å²) in [4.78, 5) is 41.3. The molecule has 0 spiro atoms. The summed E-state index contributed by atoms with van der Waals surface area (Å²) in [5.41, 5.74) is -0.336. The van der Waals surface area contributed by atoms with Gasteiger partial charge in [-0.2, -0.15) is 0 Å². The second kappa shape index (κ2) is 21.0. The largest absolute Gasteiger partial charge is 0.545 e. The predicted molar refractivity (Wildman–Crippen MR) is 169 cm³/mol. The third-order valence-electron chi connectivity index (χ3n) is 4.69. The Morgan fingerprint density at radius 3 is 0.622 bits per heavy atom. The van der Waals surface area contributed by atoms with Crippen molar-refractivity contribution in [2.45, 2.75) is 0 Å². The van der Waals surface area contributed by atoms with Crippen molar-refractivity contribution in [3.8, 4) is 0 Å². The summed E-state index contributed by atoms with van der Waals surface area (Å²) in [7, 11) is 0. The molecule has 0 bridgehead atoms. The number of carbonyl (C=O) groups excluding carboxylic acids is 4. The Hall–Kier alpha value is -2.00. The van der Waals surface area contributed by atoms with Gasteiger partial charge in [-0.15, -0.1) is 0 Å². The van der Waals surface area contributed by atoms with E-state index in [2.05, 4.69) is 0 Å². The summed E-state index contributed by atoms with van der Waals surface area (Å²) >= 11 is 44.3. The minimum absolute atomic E-state index is 0. The van der Waals surface area contributed by atoms with Gasteiger partial charge < -0.3 is 39.6 Å². The van der Waals surface area contributed by atoms with Gasteiger partial charge in [0.25, 0.3) is 0 Å². The summed E-state index contributed by atoms with van der Waals surface area (Å²) < 4.78 is 0. The van der Waals surface area contributed by atoms with Gasteiger partial charge >= 0.3 is 0 Å². The number of carbonyl (C=O) groups is 4. The van der Waals surface area contributed by atoms with E-state index in [-0.39, 0.29) is 89.7 Å². The molecule has 4 rings (SSSR count). The van der Waals surface area contributed by atoms with Crippen LogP contribution in [-0.2, 0) is 0 Å². The van der Waals surface area contributed by atoms with Crippen LogP contribution in [0, 0.1) is 0 Å². The molecular formula is C28H12Cl8O8Pb-4. The van der Waals surface area contributed by atoms with Crippen LogP contribution >= 0.6 is 92.8 Å². The summed E-state index contributed by atoms with van der Waals surface area (Å²) in [6.07, 6.45) is 0. The first-order chi connectivity index (χ1) is 20.5. The monoisotopic (exact) mass is 964 g/mol. The fourth-order valence-corrected chi connectivity index (χ4v) is 4.16. The molecular weight excluding hydrogens is 955 g/mol. The van der Waals surface area contributed by atoms with E-state index in [0.29, 0.717) is 0 Å². The number of carboxylic acid groups (broad SMARTS) is 4. The van der Waals surface area contributed by atoms with Crippen LogP contribution in [0.1, 0.15) is 41.4 Å². The molecule has 0 fully saturated rings. The number of rotatable bonds is 4. The average Bonchev–Trinajstić information content (AvgIpc) is 2.95. The molecule has 0 amide bonds. The summed E-state index contributed by atoms with van der Waals surface area (Å²) in [6.45, 7) is 0. The van der Waals surface area contributed by atoms with Crippen molar-refractivity contribution in [2.75, 3.05) is 0 Å².